The van der Waals surface area contributed by atoms with Gasteiger partial charge in [-0.1, -0.05) is 42.5 Å². The maximum absolute atomic E-state index is 11.5. The lowest BCUT2D eigenvalue weighted by atomic mass is 10.0. The van der Waals surface area contributed by atoms with Gasteiger partial charge in [-0.25, -0.2) is 0 Å². The Balaban J connectivity index is 2.24. The van der Waals surface area contributed by atoms with Gasteiger partial charge < -0.3 is 5.73 Å². The van der Waals surface area contributed by atoms with E-state index in [1.54, 1.807) is 4.90 Å². The van der Waals surface area contributed by atoms with Gasteiger partial charge in [0.2, 0.25) is 11.8 Å². The summed E-state index contributed by atoms with van der Waals surface area (Å²) in [6.07, 6.45) is 0.444. The smallest absolute Gasteiger partial charge is 0.240 e. The molecule has 0 aromatic heterocycles. The second-order valence-electron chi connectivity index (χ2n) is 4.47. The van der Waals surface area contributed by atoms with Gasteiger partial charge in [-0.3, -0.25) is 19.8 Å². The summed E-state index contributed by atoms with van der Waals surface area (Å²) < 4.78 is 0. The molecule has 2 rings (SSSR count). The third-order valence-electron chi connectivity index (χ3n) is 2.99. The third-order valence-corrected chi connectivity index (χ3v) is 3.16. The number of carbonyl (C=O) groups is 2. The minimum absolute atomic E-state index is 0.145. The van der Waals surface area contributed by atoms with Gasteiger partial charge in [0.25, 0.3) is 0 Å². The summed E-state index contributed by atoms with van der Waals surface area (Å²) in [5.74, 6) is -0.583. The highest BCUT2D eigenvalue weighted by Crippen LogP contribution is 2.24. The van der Waals surface area contributed by atoms with Gasteiger partial charge in [0.15, 0.2) is 0 Å². The fraction of sp³-hybridized carbons (Fsp3) is 0.308. The molecule has 1 aliphatic rings. The van der Waals surface area contributed by atoms with Crippen molar-refractivity contribution >= 4 is 29.0 Å². The zero-order chi connectivity index (χ0) is 13.8. The molecule has 0 radical (unpaired) electrons. The Morgan fingerprint density at radius 3 is 2.37 bits per heavy atom. The van der Waals surface area contributed by atoms with E-state index in [1.807, 2.05) is 30.3 Å². The summed E-state index contributed by atoms with van der Waals surface area (Å²) in [4.78, 5) is 25.1. The average Bonchev–Trinajstić information content (AvgIpc) is 2.35. The molecule has 0 spiro atoms. The van der Waals surface area contributed by atoms with Crippen molar-refractivity contribution in [2.24, 2.45) is 5.73 Å². The fourth-order valence-corrected chi connectivity index (χ4v) is 2.36. The number of benzene rings is 1. The van der Waals surface area contributed by atoms with Gasteiger partial charge >= 0.3 is 0 Å². The molecule has 5 nitrogen and oxygen atoms in total. The van der Waals surface area contributed by atoms with Crippen LogP contribution in [0.25, 0.3) is 0 Å². The van der Waals surface area contributed by atoms with Gasteiger partial charge in [-0.05, 0) is 5.56 Å². The molecule has 0 saturated carbocycles. The number of hydrogen-bond acceptors (Lipinski definition) is 4. The van der Waals surface area contributed by atoms with Crippen LogP contribution in [-0.4, -0.2) is 34.8 Å². The number of piperazine rings is 1. The molecule has 1 saturated heterocycles. The second-order valence-corrected chi connectivity index (χ2v) is 5.00. The summed E-state index contributed by atoms with van der Waals surface area (Å²) >= 11 is 4.97. The molecule has 0 bridgehead atoms. The van der Waals surface area contributed by atoms with E-state index in [0.717, 1.165) is 5.56 Å². The van der Waals surface area contributed by atoms with Crippen LogP contribution >= 0.6 is 12.2 Å². The third kappa shape index (κ3) is 3.59. The Bertz CT molecular complexity index is 488. The molecule has 0 aliphatic carbocycles. The zero-order valence-electron chi connectivity index (χ0n) is 10.3. The van der Waals surface area contributed by atoms with Crippen LogP contribution in [0.2, 0.25) is 0 Å². The van der Waals surface area contributed by atoms with Gasteiger partial charge in [-0.15, -0.1) is 0 Å². The number of carbonyl (C=O) groups excluding carboxylic acids is 2. The van der Waals surface area contributed by atoms with Gasteiger partial charge in [-0.2, -0.15) is 0 Å². The van der Waals surface area contributed by atoms with Crippen molar-refractivity contribution in [3.05, 3.63) is 35.9 Å². The highest BCUT2D eigenvalue weighted by molar-refractivity contribution is 7.80. The molecule has 1 atom stereocenters. The van der Waals surface area contributed by atoms with E-state index in [2.05, 4.69) is 5.32 Å². The molecular weight excluding hydrogens is 262 g/mol. The lowest BCUT2D eigenvalue weighted by molar-refractivity contribution is -0.137. The summed E-state index contributed by atoms with van der Waals surface area (Å²) in [5.41, 5.74) is 6.62. The van der Waals surface area contributed by atoms with Crippen LogP contribution in [0.1, 0.15) is 18.0 Å². The first-order valence-corrected chi connectivity index (χ1v) is 6.37. The van der Waals surface area contributed by atoms with E-state index in [0.29, 0.717) is 11.4 Å². The summed E-state index contributed by atoms with van der Waals surface area (Å²) in [6, 6.07) is 9.48. The number of nitrogens with two attached hydrogens (primary N) is 1. The maximum atomic E-state index is 11.5. The molecule has 1 aliphatic heterocycles. The molecule has 2 amide bonds. The first-order valence-electron chi connectivity index (χ1n) is 5.96. The minimum atomic E-state index is -0.292. The van der Waals surface area contributed by atoms with Crippen molar-refractivity contribution in [3.8, 4) is 0 Å². The Morgan fingerprint density at radius 1 is 1.26 bits per heavy atom. The Kier molecular flexibility index (Phi) is 4.24. The molecule has 3 N–H and O–H groups in total. The normalized spacial score (nSPS) is 17.9. The lowest BCUT2D eigenvalue weighted by Crippen LogP contribution is -2.52. The molecule has 1 fully saturated rings. The number of hydrogen-bond donors (Lipinski definition) is 2. The lowest BCUT2D eigenvalue weighted by Gasteiger charge is -2.33. The van der Waals surface area contributed by atoms with E-state index < -0.39 is 0 Å². The Morgan fingerprint density at radius 2 is 1.84 bits per heavy atom. The van der Waals surface area contributed by atoms with Crippen molar-refractivity contribution in [1.82, 2.24) is 10.2 Å². The van der Waals surface area contributed by atoms with Crippen LogP contribution in [0.4, 0.5) is 0 Å². The molecule has 1 heterocycles. The van der Waals surface area contributed by atoms with Crippen molar-refractivity contribution in [1.29, 1.82) is 0 Å². The van der Waals surface area contributed by atoms with Crippen LogP contribution in [0.3, 0.4) is 0 Å². The zero-order valence-corrected chi connectivity index (χ0v) is 11.2. The van der Waals surface area contributed by atoms with Gasteiger partial charge in [0.05, 0.1) is 18.1 Å². The Hall–Kier alpha value is -1.79. The largest absolute Gasteiger partial charge is 0.393 e. The number of nitrogens with one attached hydrogen (secondary N) is 1. The quantitative estimate of drug-likeness (QED) is 0.614. The molecular formula is C13H15N3O2S. The number of nitrogens with zero attached hydrogens (tertiary/aromatic N) is 1. The topological polar surface area (TPSA) is 75.4 Å². The monoisotopic (exact) mass is 277 g/mol. The van der Waals surface area contributed by atoms with E-state index in [4.69, 9.17) is 18.0 Å². The van der Waals surface area contributed by atoms with E-state index in [1.165, 1.54) is 0 Å². The minimum Gasteiger partial charge on any atom is -0.393 e. The SMILES string of the molecule is NC(=S)CC(c1ccccc1)N1CC(=O)NC(=O)C1. The average molecular weight is 277 g/mol. The van der Waals surface area contributed by atoms with Crippen LogP contribution in [0.15, 0.2) is 30.3 Å². The molecule has 1 aromatic rings. The summed E-state index contributed by atoms with van der Waals surface area (Å²) in [5, 5.41) is 2.29. The molecule has 6 heteroatoms. The first-order chi connectivity index (χ1) is 9.06. The van der Waals surface area contributed by atoms with Crippen molar-refractivity contribution in [3.63, 3.8) is 0 Å². The maximum Gasteiger partial charge on any atom is 0.240 e. The molecule has 19 heavy (non-hydrogen) atoms. The van der Waals surface area contributed by atoms with Crippen molar-refractivity contribution in [2.45, 2.75) is 12.5 Å². The highest BCUT2D eigenvalue weighted by atomic mass is 32.1. The molecule has 1 unspecified atom stereocenters. The van der Waals surface area contributed by atoms with Crippen molar-refractivity contribution < 1.29 is 9.59 Å². The first kappa shape index (κ1) is 13.6. The van der Waals surface area contributed by atoms with E-state index >= 15 is 0 Å². The predicted molar refractivity (Wildman–Crippen MR) is 75.3 cm³/mol. The van der Waals surface area contributed by atoms with Crippen LogP contribution in [0.5, 0.6) is 0 Å². The number of thiocarbonyl (C=S) groups is 1. The molecule has 100 valence electrons. The number of amides is 2. The summed E-state index contributed by atoms with van der Waals surface area (Å²) in [6.45, 7) is 0.349. The predicted octanol–water partition coefficient (Wildman–Crippen LogP) is 0.362. The standard InChI is InChI=1S/C13H15N3O2S/c14-11(19)6-10(9-4-2-1-3-5-9)16-7-12(17)15-13(18)8-16/h1-5,10H,6-8H2,(H2,14,19)(H,15,17,18). The van der Waals surface area contributed by atoms with E-state index in [9.17, 15) is 9.59 Å². The second kappa shape index (κ2) is 5.90. The van der Waals surface area contributed by atoms with E-state index in [-0.39, 0.29) is 30.9 Å². The number of imide groups is 1. The van der Waals surface area contributed by atoms with Gasteiger partial charge in [0, 0.05) is 12.5 Å². The van der Waals surface area contributed by atoms with Crippen LogP contribution in [0, 0.1) is 0 Å². The van der Waals surface area contributed by atoms with Crippen molar-refractivity contribution in [2.75, 3.05) is 13.1 Å². The number of rotatable bonds is 4. The summed E-state index contributed by atoms with van der Waals surface area (Å²) in [7, 11) is 0. The van der Waals surface area contributed by atoms with Crippen LogP contribution < -0.4 is 11.1 Å². The highest BCUT2D eigenvalue weighted by Gasteiger charge is 2.29. The fourth-order valence-electron chi connectivity index (χ4n) is 2.20. The van der Waals surface area contributed by atoms with Gasteiger partial charge in [0.1, 0.15) is 0 Å². The Labute approximate surface area is 116 Å². The molecule has 1 aromatic carbocycles. The van der Waals surface area contributed by atoms with Crippen LogP contribution in [-0.2, 0) is 9.59 Å².